The van der Waals surface area contributed by atoms with E-state index in [4.69, 9.17) is 4.74 Å². The molecule has 1 fully saturated rings. The van der Waals surface area contributed by atoms with E-state index in [0.717, 1.165) is 23.2 Å². The number of hydrogen-bond donors (Lipinski definition) is 0. The Hall–Kier alpha value is -2.68. The van der Waals surface area contributed by atoms with Crippen LogP contribution in [0.15, 0.2) is 12.4 Å². The van der Waals surface area contributed by atoms with Crippen molar-refractivity contribution >= 4 is 11.8 Å². The van der Waals surface area contributed by atoms with Crippen molar-refractivity contribution in [3.8, 4) is 0 Å². The fourth-order valence-electron chi connectivity index (χ4n) is 4.24. The third-order valence-corrected chi connectivity index (χ3v) is 5.93. The number of morpholine rings is 1. The van der Waals surface area contributed by atoms with E-state index >= 15 is 0 Å². The molecule has 30 heavy (non-hydrogen) atoms. The van der Waals surface area contributed by atoms with Gasteiger partial charge in [0.1, 0.15) is 0 Å². The number of ether oxygens (including phenoxy) is 1. The van der Waals surface area contributed by atoms with Crippen LogP contribution in [0.2, 0.25) is 0 Å². The van der Waals surface area contributed by atoms with Crippen LogP contribution in [0.5, 0.6) is 0 Å². The van der Waals surface area contributed by atoms with Crippen LogP contribution >= 0.6 is 0 Å². The van der Waals surface area contributed by atoms with Gasteiger partial charge in [-0.2, -0.15) is 10.2 Å². The van der Waals surface area contributed by atoms with Gasteiger partial charge in [-0.25, -0.2) is 0 Å². The van der Waals surface area contributed by atoms with Gasteiger partial charge in [-0.15, -0.1) is 0 Å². The lowest BCUT2D eigenvalue weighted by atomic mass is 10.0. The lowest BCUT2D eigenvalue weighted by molar-refractivity contribution is -0.135. The second-order valence-electron chi connectivity index (χ2n) is 8.08. The first kappa shape index (κ1) is 20.6. The SMILES string of the molecule is Cc1cnn(CCC(=O)N2CCc3c(c(CCC(=O)N4CCOCC4)nn3C)C2)c1. The molecule has 0 bridgehead atoms. The van der Waals surface area contributed by atoms with E-state index in [0.29, 0.717) is 65.2 Å². The third kappa shape index (κ3) is 4.56. The molecule has 2 aromatic heterocycles. The minimum absolute atomic E-state index is 0.132. The number of aromatic nitrogens is 4. The summed E-state index contributed by atoms with van der Waals surface area (Å²) in [4.78, 5) is 29.0. The molecule has 9 heteroatoms. The molecule has 0 saturated carbocycles. The van der Waals surface area contributed by atoms with Crippen molar-refractivity contribution in [2.75, 3.05) is 32.8 Å². The van der Waals surface area contributed by atoms with E-state index in [1.54, 1.807) is 6.20 Å². The first-order valence-electron chi connectivity index (χ1n) is 10.7. The summed E-state index contributed by atoms with van der Waals surface area (Å²) in [6.07, 6.45) is 6.03. The van der Waals surface area contributed by atoms with Crippen molar-refractivity contribution < 1.29 is 14.3 Å². The summed E-state index contributed by atoms with van der Waals surface area (Å²) >= 11 is 0. The summed E-state index contributed by atoms with van der Waals surface area (Å²) < 4.78 is 9.05. The normalized spacial score (nSPS) is 16.6. The Morgan fingerprint density at radius 1 is 1.10 bits per heavy atom. The second kappa shape index (κ2) is 8.99. The van der Waals surface area contributed by atoms with E-state index in [1.165, 1.54) is 5.69 Å². The maximum absolute atomic E-state index is 12.8. The lowest BCUT2D eigenvalue weighted by Gasteiger charge is -2.28. The minimum Gasteiger partial charge on any atom is -0.378 e. The highest BCUT2D eigenvalue weighted by molar-refractivity contribution is 5.77. The molecule has 1 saturated heterocycles. The number of hydrogen-bond acceptors (Lipinski definition) is 5. The number of carbonyl (C=O) groups is 2. The molecule has 2 aromatic rings. The van der Waals surface area contributed by atoms with E-state index in [9.17, 15) is 9.59 Å². The van der Waals surface area contributed by atoms with Crippen molar-refractivity contribution in [3.63, 3.8) is 0 Å². The maximum Gasteiger partial charge on any atom is 0.224 e. The zero-order valence-electron chi connectivity index (χ0n) is 17.8. The number of rotatable bonds is 6. The molecule has 9 nitrogen and oxygen atoms in total. The first-order chi connectivity index (χ1) is 14.5. The predicted molar refractivity (Wildman–Crippen MR) is 110 cm³/mol. The summed E-state index contributed by atoms with van der Waals surface area (Å²) in [7, 11) is 1.95. The maximum atomic E-state index is 12.8. The van der Waals surface area contributed by atoms with Gasteiger partial charge in [0.05, 0.1) is 25.1 Å². The van der Waals surface area contributed by atoms with Gasteiger partial charge >= 0.3 is 0 Å². The highest BCUT2D eigenvalue weighted by Crippen LogP contribution is 2.24. The Labute approximate surface area is 176 Å². The molecular formula is C21H30N6O3. The summed E-state index contributed by atoms with van der Waals surface area (Å²) in [6.45, 7) is 6.40. The number of aryl methyl sites for hydroxylation is 4. The first-order valence-corrected chi connectivity index (χ1v) is 10.7. The summed E-state index contributed by atoms with van der Waals surface area (Å²) in [5.41, 5.74) is 4.32. The zero-order chi connectivity index (χ0) is 21.1. The van der Waals surface area contributed by atoms with Crippen LogP contribution in [0.1, 0.15) is 35.4 Å². The minimum atomic E-state index is 0.132. The number of carbonyl (C=O) groups excluding carboxylic acids is 2. The van der Waals surface area contributed by atoms with Gasteiger partial charge in [-0.05, 0) is 12.5 Å². The summed E-state index contributed by atoms with van der Waals surface area (Å²) in [6, 6.07) is 0. The largest absolute Gasteiger partial charge is 0.378 e. The Bertz CT molecular complexity index is 912. The Kier molecular flexibility index (Phi) is 6.17. The standard InChI is InChI=1S/C21H30N6O3/c1-16-13-22-27(14-16)8-6-21(29)26-7-5-19-17(15-26)18(23-24(19)2)3-4-20(28)25-9-11-30-12-10-25/h13-14H,3-12,15H2,1-2H3. The fourth-order valence-corrected chi connectivity index (χ4v) is 4.24. The fraction of sp³-hybridized carbons (Fsp3) is 0.619. The molecule has 0 radical (unpaired) electrons. The van der Waals surface area contributed by atoms with E-state index < -0.39 is 0 Å². The average molecular weight is 415 g/mol. The monoisotopic (exact) mass is 414 g/mol. The van der Waals surface area contributed by atoms with Crippen LogP contribution in [-0.2, 0) is 47.3 Å². The van der Waals surface area contributed by atoms with Gasteiger partial charge in [0.15, 0.2) is 0 Å². The van der Waals surface area contributed by atoms with Crippen LogP contribution in [-0.4, -0.2) is 74.0 Å². The van der Waals surface area contributed by atoms with E-state index in [1.807, 2.05) is 39.3 Å². The molecule has 2 amide bonds. The molecule has 0 unspecified atom stereocenters. The van der Waals surface area contributed by atoms with E-state index in [-0.39, 0.29) is 11.8 Å². The number of nitrogens with zero attached hydrogens (tertiary/aromatic N) is 6. The molecule has 0 N–H and O–H groups in total. The smallest absolute Gasteiger partial charge is 0.224 e. The molecular weight excluding hydrogens is 384 g/mol. The Balaban J connectivity index is 1.36. The van der Waals surface area contributed by atoms with Crippen LogP contribution < -0.4 is 0 Å². The second-order valence-corrected chi connectivity index (χ2v) is 8.08. The van der Waals surface area contributed by atoms with Crippen LogP contribution in [0, 0.1) is 6.92 Å². The molecule has 0 spiro atoms. The van der Waals surface area contributed by atoms with Crippen molar-refractivity contribution in [2.45, 2.75) is 45.7 Å². The van der Waals surface area contributed by atoms with Crippen molar-refractivity contribution in [1.29, 1.82) is 0 Å². The molecule has 162 valence electrons. The molecule has 2 aliphatic heterocycles. The molecule has 0 aromatic carbocycles. The predicted octanol–water partition coefficient (Wildman–Crippen LogP) is 0.691. The quantitative estimate of drug-likeness (QED) is 0.694. The molecule has 4 heterocycles. The molecule has 4 rings (SSSR count). The average Bonchev–Trinajstić information content (AvgIpc) is 3.33. The topological polar surface area (TPSA) is 85.5 Å². The van der Waals surface area contributed by atoms with E-state index in [2.05, 4.69) is 10.2 Å². The Morgan fingerprint density at radius 2 is 1.87 bits per heavy atom. The third-order valence-electron chi connectivity index (χ3n) is 5.93. The van der Waals surface area contributed by atoms with Gasteiger partial charge in [-0.1, -0.05) is 0 Å². The van der Waals surface area contributed by atoms with Crippen LogP contribution in [0.4, 0.5) is 0 Å². The molecule has 0 aliphatic carbocycles. The number of fused-ring (bicyclic) bond motifs is 1. The molecule has 0 atom stereocenters. The van der Waals surface area contributed by atoms with Crippen molar-refractivity contribution in [1.82, 2.24) is 29.4 Å². The van der Waals surface area contributed by atoms with Gasteiger partial charge in [0, 0.05) is 82.9 Å². The van der Waals surface area contributed by atoms with Gasteiger partial charge in [-0.3, -0.25) is 19.0 Å². The van der Waals surface area contributed by atoms with Crippen molar-refractivity contribution in [3.05, 3.63) is 34.9 Å². The highest BCUT2D eigenvalue weighted by Gasteiger charge is 2.27. The number of amides is 2. The summed E-state index contributed by atoms with van der Waals surface area (Å²) in [5.74, 6) is 0.281. The highest BCUT2D eigenvalue weighted by atomic mass is 16.5. The lowest BCUT2D eigenvalue weighted by Crippen LogP contribution is -2.40. The zero-order valence-corrected chi connectivity index (χ0v) is 17.8. The van der Waals surface area contributed by atoms with Crippen LogP contribution in [0.25, 0.3) is 0 Å². The molecule has 2 aliphatic rings. The van der Waals surface area contributed by atoms with Gasteiger partial charge < -0.3 is 14.5 Å². The summed E-state index contributed by atoms with van der Waals surface area (Å²) in [5, 5.41) is 8.92. The van der Waals surface area contributed by atoms with Gasteiger partial charge in [0.2, 0.25) is 11.8 Å². The van der Waals surface area contributed by atoms with Crippen LogP contribution in [0.3, 0.4) is 0 Å². The van der Waals surface area contributed by atoms with Crippen molar-refractivity contribution in [2.24, 2.45) is 7.05 Å². The van der Waals surface area contributed by atoms with Gasteiger partial charge in [0.25, 0.3) is 0 Å². The Morgan fingerprint density at radius 3 is 2.60 bits per heavy atom.